The summed E-state index contributed by atoms with van der Waals surface area (Å²) in [6.07, 6.45) is 11.5. The SMILES string of the molecule is CCCCCCCCOCCOCCOCCOCCOCCOCCOCCOCCOCCOCCOCCOC(=O)C(CC)CCCC. The van der Waals surface area contributed by atoms with E-state index in [2.05, 4.69) is 13.8 Å². The Kier molecular flexibility index (Phi) is 44.3. The predicted molar refractivity (Wildman–Crippen MR) is 197 cm³/mol. The smallest absolute Gasteiger partial charge is 0.308 e. The Balaban J connectivity index is 3.13. The molecule has 0 fully saturated rings. The minimum absolute atomic E-state index is 0.00275. The summed E-state index contributed by atoms with van der Waals surface area (Å²) in [7, 11) is 0. The number of hydrogen-bond acceptors (Lipinski definition) is 13. The van der Waals surface area contributed by atoms with Gasteiger partial charge in [0.05, 0.1) is 145 Å². The summed E-state index contributed by atoms with van der Waals surface area (Å²) in [6, 6.07) is 0. The van der Waals surface area contributed by atoms with Crippen molar-refractivity contribution < 1.29 is 61.6 Å². The van der Waals surface area contributed by atoms with E-state index < -0.39 is 0 Å². The van der Waals surface area contributed by atoms with Gasteiger partial charge in [-0.15, -0.1) is 0 Å². The maximum absolute atomic E-state index is 12.0. The highest BCUT2D eigenvalue weighted by Crippen LogP contribution is 2.14. The molecule has 1 atom stereocenters. The van der Waals surface area contributed by atoms with Crippen molar-refractivity contribution in [3.8, 4) is 0 Å². The third kappa shape index (κ3) is 41.6. The van der Waals surface area contributed by atoms with Crippen molar-refractivity contribution >= 4 is 5.97 Å². The molecule has 13 nitrogen and oxygen atoms in total. The highest BCUT2D eigenvalue weighted by molar-refractivity contribution is 5.72. The number of esters is 1. The first kappa shape index (κ1) is 50.0. The van der Waals surface area contributed by atoms with Crippen molar-refractivity contribution in [2.45, 2.75) is 85.0 Å². The molecule has 0 rings (SSSR count). The van der Waals surface area contributed by atoms with Gasteiger partial charge in [0.25, 0.3) is 0 Å². The topological polar surface area (TPSA) is 128 Å². The number of carbonyl (C=O) groups is 1. The molecule has 306 valence electrons. The third-order valence-corrected chi connectivity index (χ3v) is 7.57. The maximum atomic E-state index is 12.0. The van der Waals surface area contributed by atoms with Crippen LogP contribution in [0.25, 0.3) is 0 Å². The summed E-state index contributed by atoms with van der Waals surface area (Å²) < 4.78 is 65.8. The average Bonchev–Trinajstić information content (AvgIpc) is 3.14. The van der Waals surface area contributed by atoms with Crippen LogP contribution < -0.4 is 0 Å². The summed E-state index contributed by atoms with van der Waals surface area (Å²) in [4.78, 5) is 12.0. The average molecular weight is 741 g/mol. The maximum Gasteiger partial charge on any atom is 0.308 e. The van der Waals surface area contributed by atoms with E-state index in [0.717, 1.165) is 38.7 Å². The molecule has 0 aromatic carbocycles. The Hall–Kier alpha value is -0.970. The molecule has 0 N–H and O–H groups in total. The van der Waals surface area contributed by atoms with Crippen LogP contribution in [0.1, 0.15) is 85.0 Å². The fourth-order valence-corrected chi connectivity index (χ4v) is 4.54. The first-order valence-electron chi connectivity index (χ1n) is 19.8. The van der Waals surface area contributed by atoms with Gasteiger partial charge in [0.15, 0.2) is 0 Å². The van der Waals surface area contributed by atoms with Crippen molar-refractivity contribution in [3.05, 3.63) is 0 Å². The lowest BCUT2D eigenvalue weighted by molar-refractivity contribution is -0.150. The van der Waals surface area contributed by atoms with Crippen LogP contribution in [0.15, 0.2) is 0 Å². The van der Waals surface area contributed by atoms with Gasteiger partial charge in [0.2, 0.25) is 0 Å². The molecule has 0 heterocycles. The molecule has 0 aromatic heterocycles. The van der Waals surface area contributed by atoms with Gasteiger partial charge in [-0.05, 0) is 19.3 Å². The van der Waals surface area contributed by atoms with Crippen LogP contribution >= 0.6 is 0 Å². The molecule has 0 aliphatic heterocycles. The van der Waals surface area contributed by atoms with E-state index in [4.69, 9.17) is 56.8 Å². The molecule has 13 heteroatoms. The molecule has 0 spiro atoms. The molecule has 0 aliphatic carbocycles. The first-order valence-corrected chi connectivity index (χ1v) is 19.8. The largest absolute Gasteiger partial charge is 0.463 e. The number of carbonyl (C=O) groups excluding carboxylic acids is 1. The molecular weight excluding hydrogens is 664 g/mol. The van der Waals surface area contributed by atoms with E-state index in [1.165, 1.54) is 32.1 Å². The van der Waals surface area contributed by atoms with Crippen molar-refractivity contribution in [1.29, 1.82) is 0 Å². The van der Waals surface area contributed by atoms with Crippen molar-refractivity contribution in [1.82, 2.24) is 0 Å². The van der Waals surface area contributed by atoms with E-state index in [9.17, 15) is 4.79 Å². The number of unbranched alkanes of at least 4 members (excludes halogenated alkanes) is 6. The highest BCUT2D eigenvalue weighted by Gasteiger charge is 2.16. The monoisotopic (exact) mass is 741 g/mol. The van der Waals surface area contributed by atoms with Crippen molar-refractivity contribution in [2.75, 3.05) is 152 Å². The molecule has 0 saturated heterocycles. The van der Waals surface area contributed by atoms with Gasteiger partial charge in [-0.1, -0.05) is 65.7 Å². The van der Waals surface area contributed by atoms with E-state index >= 15 is 0 Å². The summed E-state index contributed by atoms with van der Waals surface area (Å²) in [5.74, 6) is -0.121. The Morgan fingerprint density at radius 2 is 0.608 bits per heavy atom. The van der Waals surface area contributed by atoms with E-state index in [-0.39, 0.29) is 18.5 Å². The van der Waals surface area contributed by atoms with Crippen LogP contribution in [0, 0.1) is 5.92 Å². The summed E-state index contributed by atoms with van der Waals surface area (Å²) in [5.41, 5.74) is 0. The minimum Gasteiger partial charge on any atom is -0.463 e. The molecule has 0 bridgehead atoms. The molecule has 0 aromatic rings. The number of ether oxygens (including phenoxy) is 12. The summed E-state index contributed by atoms with van der Waals surface area (Å²) in [5, 5.41) is 0. The third-order valence-electron chi connectivity index (χ3n) is 7.57. The second-order valence-corrected chi connectivity index (χ2v) is 11.9. The lowest BCUT2D eigenvalue weighted by Crippen LogP contribution is -2.20. The lowest BCUT2D eigenvalue weighted by atomic mass is 10.00. The standard InChI is InChI=1S/C38H76O13/c1-4-7-9-10-11-12-14-40-15-16-41-17-18-42-19-20-43-21-22-44-23-24-45-25-26-46-27-28-47-29-30-48-31-32-49-33-34-50-35-36-51-38(39)37(6-3)13-8-5-2/h37H,4-36H2,1-3H3. The second kappa shape index (κ2) is 45.2. The van der Waals surface area contributed by atoms with Crippen LogP contribution in [0.3, 0.4) is 0 Å². The van der Waals surface area contributed by atoms with Gasteiger partial charge in [0.1, 0.15) is 6.61 Å². The minimum atomic E-state index is -0.119. The zero-order valence-electron chi connectivity index (χ0n) is 32.7. The van der Waals surface area contributed by atoms with E-state index in [0.29, 0.717) is 139 Å². The van der Waals surface area contributed by atoms with E-state index in [1.807, 2.05) is 6.92 Å². The van der Waals surface area contributed by atoms with Gasteiger partial charge in [0, 0.05) is 6.61 Å². The lowest BCUT2D eigenvalue weighted by Gasteiger charge is -2.13. The van der Waals surface area contributed by atoms with Crippen LogP contribution in [0.2, 0.25) is 0 Å². The zero-order chi connectivity index (χ0) is 37.0. The molecular formula is C38H76O13. The Morgan fingerprint density at radius 3 is 0.922 bits per heavy atom. The molecule has 0 amide bonds. The normalized spacial score (nSPS) is 12.1. The summed E-state index contributed by atoms with van der Waals surface area (Å²) in [6.45, 7) is 18.3. The van der Waals surface area contributed by atoms with Gasteiger partial charge >= 0.3 is 5.97 Å². The van der Waals surface area contributed by atoms with Crippen LogP contribution in [0.4, 0.5) is 0 Å². The molecule has 0 aliphatic rings. The molecule has 0 saturated carbocycles. The second-order valence-electron chi connectivity index (χ2n) is 11.9. The Morgan fingerprint density at radius 1 is 0.333 bits per heavy atom. The number of hydrogen-bond donors (Lipinski definition) is 0. The quantitative estimate of drug-likeness (QED) is 0.0594. The fraction of sp³-hybridized carbons (Fsp3) is 0.974. The van der Waals surface area contributed by atoms with Gasteiger partial charge in [-0.2, -0.15) is 0 Å². The highest BCUT2D eigenvalue weighted by atomic mass is 16.6. The predicted octanol–water partition coefficient (Wildman–Crippen LogP) is 5.29. The molecule has 1 unspecified atom stereocenters. The van der Waals surface area contributed by atoms with Gasteiger partial charge in [-0.3, -0.25) is 4.79 Å². The van der Waals surface area contributed by atoms with E-state index in [1.54, 1.807) is 0 Å². The van der Waals surface area contributed by atoms with Gasteiger partial charge < -0.3 is 56.8 Å². The van der Waals surface area contributed by atoms with Crippen LogP contribution in [-0.2, 0) is 61.6 Å². The molecule has 51 heavy (non-hydrogen) atoms. The fourth-order valence-electron chi connectivity index (χ4n) is 4.54. The first-order chi connectivity index (χ1) is 25.3. The Bertz CT molecular complexity index is 659. The Labute approximate surface area is 310 Å². The van der Waals surface area contributed by atoms with Crippen molar-refractivity contribution in [2.24, 2.45) is 5.92 Å². The van der Waals surface area contributed by atoms with Gasteiger partial charge in [-0.25, -0.2) is 0 Å². The zero-order valence-corrected chi connectivity index (χ0v) is 32.7. The molecule has 0 radical (unpaired) electrons. The van der Waals surface area contributed by atoms with Crippen LogP contribution in [0.5, 0.6) is 0 Å². The number of rotatable bonds is 45. The summed E-state index contributed by atoms with van der Waals surface area (Å²) >= 11 is 0. The van der Waals surface area contributed by atoms with Crippen molar-refractivity contribution in [3.63, 3.8) is 0 Å². The van der Waals surface area contributed by atoms with Crippen LogP contribution in [-0.4, -0.2) is 158 Å².